The second kappa shape index (κ2) is 8.99. The van der Waals surface area contributed by atoms with Crippen molar-refractivity contribution >= 4 is 27.8 Å². The van der Waals surface area contributed by atoms with E-state index in [9.17, 15) is 4.79 Å². The lowest BCUT2D eigenvalue weighted by atomic mass is 9.73. The molecule has 1 aromatic heterocycles. The number of hydrogen-bond acceptors (Lipinski definition) is 6. The fraction of sp³-hybridized carbons (Fsp3) is 0.391. The van der Waals surface area contributed by atoms with Gasteiger partial charge in [-0.3, -0.25) is 4.79 Å². The molecular formula is C23H25BrN6O2. The molecule has 5 rings (SSSR count). The number of nitrogens with zero attached hydrogens (tertiary/aromatic N) is 6. The lowest BCUT2D eigenvalue weighted by Crippen LogP contribution is -2.56. The Hall–Kier alpha value is -2.78. The SMILES string of the molecule is O=C(N1CCN(c2nnnn2-c2ccccc2)CC1)C1(c2ccc(Br)cc2)CCOCC1. The zero-order valence-corrected chi connectivity index (χ0v) is 19.3. The van der Waals surface area contributed by atoms with Crippen molar-refractivity contribution in [2.75, 3.05) is 44.3 Å². The average molecular weight is 497 g/mol. The van der Waals surface area contributed by atoms with Gasteiger partial charge in [-0.15, -0.1) is 0 Å². The molecule has 3 aromatic rings. The third-order valence-electron chi connectivity index (χ3n) is 6.46. The maximum absolute atomic E-state index is 13.8. The van der Waals surface area contributed by atoms with E-state index in [-0.39, 0.29) is 5.91 Å². The molecule has 0 aliphatic carbocycles. The Kier molecular flexibility index (Phi) is 5.93. The largest absolute Gasteiger partial charge is 0.381 e. The number of halogens is 1. The summed E-state index contributed by atoms with van der Waals surface area (Å²) in [5, 5.41) is 12.3. The molecule has 0 unspecified atom stereocenters. The number of anilines is 1. The van der Waals surface area contributed by atoms with Gasteiger partial charge in [-0.1, -0.05) is 51.4 Å². The van der Waals surface area contributed by atoms with E-state index in [1.807, 2.05) is 47.4 Å². The van der Waals surface area contributed by atoms with Crippen LogP contribution in [-0.4, -0.2) is 70.4 Å². The van der Waals surface area contributed by atoms with E-state index in [0.717, 1.165) is 15.7 Å². The summed E-state index contributed by atoms with van der Waals surface area (Å²) in [6, 6.07) is 18.0. The van der Waals surface area contributed by atoms with Crippen molar-refractivity contribution in [2.45, 2.75) is 18.3 Å². The normalized spacial score (nSPS) is 18.5. The number of ether oxygens (including phenoxy) is 1. The quantitative estimate of drug-likeness (QED) is 0.552. The summed E-state index contributed by atoms with van der Waals surface area (Å²) in [4.78, 5) is 18.0. The maximum Gasteiger partial charge on any atom is 0.250 e. The number of aromatic nitrogens is 4. The van der Waals surface area contributed by atoms with Crippen LogP contribution in [0.3, 0.4) is 0 Å². The summed E-state index contributed by atoms with van der Waals surface area (Å²) >= 11 is 3.51. The number of hydrogen-bond donors (Lipinski definition) is 0. The van der Waals surface area contributed by atoms with Gasteiger partial charge in [0.15, 0.2) is 0 Å². The molecule has 3 heterocycles. The number of tetrazole rings is 1. The third kappa shape index (κ3) is 3.91. The van der Waals surface area contributed by atoms with Crippen LogP contribution >= 0.6 is 15.9 Å². The lowest BCUT2D eigenvalue weighted by molar-refractivity contribution is -0.141. The molecule has 32 heavy (non-hydrogen) atoms. The van der Waals surface area contributed by atoms with Crippen molar-refractivity contribution in [1.29, 1.82) is 0 Å². The first kappa shape index (κ1) is 21.1. The van der Waals surface area contributed by atoms with E-state index in [1.165, 1.54) is 0 Å². The number of carbonyl (C=O) groups is 1. The van der Waals surface area contributed by atoms with Crippen LogP contribution in [0, 0.1) is 0 Å². The summed E-state index contributed by atoms with van der Waals surface area (Å²) in [5.74, 6) is 0.905. The lowest BCUT2D eigenvalue weighted by Gasteiger charge is -2.43. The molecule has 2 fully saturated rings. The molecule has 0 atom stereocenters. The first-order chi connectivity index (χ1) is 15.7. The standard InChI is InChI=1S/C23H25BrN6O2/c24-19-8-6-18(7-9-19)23(10-16-32-17-11-23)21(31)28-12-14-29(15-13-28)22-25-26-27-30(22)20-4-2-1-3-5-20/h1-9H,10-17H2. The smallest absolute Gasteiger partial charge is 0.250 e. The molecule has 2 aliphatic rings. The van der Waals surface area contributed by atoms with Crippen LogP contribution in [-0.2, 0) is 14.9 Å². The highest BCUT2D eigenvalue weighted by Gasteiger charge is 2.44. The van der Waals surface area contributed by atoms with Crippen molar-refractivity contribution in [3.05, 3.63) is 64.6 Å². The molecule has 0 bridgehead atoms. The average Bonchev–Trinajstić information content (AvgIpc) is 3.35. The Morgan fingerprint density at radius 2 is 1.62 bits per heavy atom. The zero-order valence-electron chi connectivity index (χ0n) is 17.7. The highest BCUT2D eigenvalue weighted by Crippen LogP contribution is 2.37. The minimum Gasteiger partial charge on any atom is -0.381 e. The Bertz CT molecular complexity index is 1060. The van der Waals surface area contributed by atoms with Crippen molar-refractivity contribution < 1.29 is 9.53 Å². The summed E-state index contributed by atoms with van der Waals surface area (Å²) in [7, 11) is 0. The van der Waals surface area contributed by atoms with Crippen LogP contribution in [0.2, 0.25) is 0 Å². The van der Waals surface area contributed by atoms with Crippen LogP contribution < -0.4 is 4.90 Å². The summed E-state index contributed by atoms with van der Waals surface area (Å²) < 4.78 is 8.38. The van der Waals surface area contributed by atoms with Crippen molar-refractivity contribution in [2.24, 2.45) is 0 Å². The Labute approximate surface area is 195 Å². The van der Waals surface area contributed by atoms with Crippen LogP contribution in [0.15, 0.2) is 59.1 Å². The van der Waals surface area contributed by atoms with Gasteiger partial charge in [-0.2, -0.15) is 4.68 Å². The van der Waals surface area contributed by atoms with Gasteiger partial charge in [0.1, 0.15) is 0 Å². The minimum absolute atomic E-state index is 0.199. The Morgan fingerprint density at radius 1 is 0.938 bits per heavy atom. The molecule has 9 heteroatoms. The van der Waals surface area contributed by atoms with Gasteiger partial charge in [-0.25, -0.2) is 0 Å². The predicted octanol–water partition coefficient (Wildman–Crippen LogP) is 2.82. The number of piperazine rings is 1. The van der Waals surface area contributed by atoms with Gasteiger partial charge < -0.3 is 14.5 Å². The van der Waals surface area contributed by atoms with E-state index in [0.29, 0.717) is 58.2 Å². The van der Waals surface area contributed by atoms with E-state index in [1.54, 1.807) is 4.68 Å². The molecule has 2 aliphatic heterocycles. The van der Waals surface area contributed by atoms with Gasteiger partial charge in [-0.05, 0) is 53.1 Å². The second-order valence-corrected chi connectivity index (χ2v) is 9.12. The summed E-state index contributed by atoms with van der Waals surface area (Å²) in [6.45, 7) is 3.86. The Balaban J connectivity index is 1.33. The van der Waals surface area contributed by atoms with E-state index in [2.05, 4.69) is 48.5 Å². The molecule has 1 amide bonds. The first-order valence-corrected chi connectivity index (χ1v) is 11.7. The maximum atomic E-state index is 13.8. The molecule has 0 spiro atoms. The highest BCUT2D eigenvalue weighted by atomic mass is 79.9. The van der Waals surface area contributed by atoms with E-state index < -0.39 is 5.41 Å². The molecule has 0 saturated carbocycles. The number of benzene rings is 2. The van der Waals surface area contributed by atoms with Crippen LogP contribution in [0.1, 0.15) is 18.4 Å². The van der Waals surface area contributed by atoms with Gasteiger partial charge in [0.05, 0.1) is 11.1 Å². The summed E-state index contributed by atoms with van der Waals surface area (Å²) in [6.07, 6.45) is 1.42. The first-order valence-electron chi connectivity index (χ1n) is 10.9. The molecular weight excluding hydrogens is 472 g/mol. The second-order valence-electron chi connectivity index (χ2n) is 8.21. The van der Waals surface area contributed by atoms with Gasteiger partial charge in [0.25, 0.3) is 0 Å². The monoisotopic (exact) mass is 496 g/mol. The fourth-order valence-electron chi connectivity index (χ4n) is 4.64. The van der Waals surface area contributed by atoms with Gasteiger partial charge in [0.2, 0.25) is 11.9 Å². The van der Waals surface area contributed by atoms with Crippen molar-refractivity contribution in [1.82, 2.24) is 25.1 Å². The number of carbonyl (C=O) groups excluding carboxylic acids is 1. The number of para-hydroxylation sites is 1. The molecule has 2 aromatic carbocycles. The van der Waals surface area contributed by atoms with Crippen LogP contribution in [0.5, 0.6) is 0 Å². The van der Waals surface area contributed by atoms with E-state index >= 15 is 0 Å². The molecule has 8 nitrogen and oxygen atoms in total. The predicted molar refractivity (Wildman–Crippen MR) is 124 cm³/mol. The molecule has 0 radical (unpaired) electrons. The molecule has 0 N–H and O–H groups in total. The minimum atomic E-state index is -0.521. The molecule has 2 saturated heterocycles. The topological polar surface area (TPSA) is 76.4 Å². The zero-order chi connectivity index (χ0) is 22.0. The Morgan fingerprint density at radius 3 is 2.31 bits per heavy atom. The number of amides is 1. The highest BCUT2D eigenvalue weighted by molar-refractivity contribution is 9.10. The van der Waals surface area contributed by atoms with Crippen LogP contribution in [0.25, 0.3) is 5.69 Å². The number of rotatable bonds is 4. The van der Waals surface area contributed by atoms with Gasteiger partial charge >= 0.3 is 0 Å². The van der Waals surface area contributed by atoms with Crippen LogP contribution in [0.4, 0.5) is 5.95 Å². The fourth-order valence-corrected chi connectivity index (χ4v) is 4.91. The third-order valence-corrected chi connectivity index (χ3v) is 6.98. The van der Waals surface area contributed by atoms with Crippen molar-refractivity contribution in [3.8, 4) is 5.69 Å². The molecule has 166 valence electrons. The van der Waals surface area contributed by atoms with E-state index in [4.69, 9.17) is 4.74 Å². The van der Waals surface area contributed by atoms with Crippen molar-refractivity contribution in [3.63, 3.8) is 0 Å². The van der Waals surface area contributed by atoms with Gasteiger partial charge in [0, 0.05) is 43.9 Å². The summed E-state index contributed by atoms with van der Waals surface area (Å²) in [5.41, 5.74) is 1.47.